The van der Waals surface area contributed by atoms with Crippen molar-refractivity contribution >= 4 is 35.4 Å². The number of amides is 2. The summed E-state index contributed by atoms with van der Waals surface area (Å²) < 4.78 is 3.50. The van der Waals surface area contributed by atoms with E-state index < -0.39 is 11.0 Å². The van der Waals surface area contributed by atoms with Crippen LogP contribution in [0.1, 0.15) is 91.9 Å². The lowest BCUT2D eigenvalue weighted by atomic mass is 9.63. The molecule has 0 bridgehead atoms. The number of carbonyl (C=O) groups is 2. The molecule has 4 atom stereocenters. The van der Waals surface area contributed by atoms with Crippen LogP contribution in [0.3, 0.4) is 0 Å². The highest BCUT2D eigenvalue weighted by Crippen LogP contribution is 2.45. The van der Waals surface area contributed by atoms with Crippen LogP contribution in [0.15, 0.2) is 35.2 Å². The first-order chi connectivity index (χ1) is 16.5. The minimum absolute atomic E-state index is 0.00991. The molecule has 0 aromatic heterocycles. The zero-order valence-electron chi connectivity index (χ0n) is 22.1. The Hall–Kier alpha value is -1.24. The van der Waals surface area contributed by atoms with Gasteiger partial charge in [0.2, 0.25) is 11.8 Å². The first-order valence-electron chi connectivity index (χ1n) is 13.2. The van der Waals surface area contributed by atoms with Gasteiger partial charge in [0.15, 0.2) is 0 Å². The summed E-state index contributed by atoms with van der Waals surface area (Å²) in [6.45, 7) is 16.2. The molecular formula is C28H46ClN3O2S. The molecule has 0 spiro atoms. The molecule has 0 aromatic rings. The van der Waals surface area contributed by atoms with E-state index in [1.807, 2.05) is 13.0 Å². The summed E-state index contributed by atoms with van der Waals surface area (Å²) in [5, 5.41) is 3.94. The molecule has 2 saturated carbocycles. The van der Waals surface area contributed by atoms with Gasteiger partial charge in [-0.2, -0.15) is 0 Å². The normalized spacial score (nSPS) is 27.8. The third kappa shape index (κ3) is 7.62. The van der Waals surface area contributed by atoms with Crippen molar-refractivity contribution in [2.24, 2.45) is 28.9 Å². The third-order valence-corrected chi connectivity index (χ3v) is 9.62. The maximum Gasteiger partial charge on any atom is 0.241 e. The van der Waals surface area contributed by atoms with Crippen LogP contribution in [0.25, 0.3) is 0 Å². The molecule has 4 unspecified atom stereocenters. The summed E-state index contributed by atoms with van der Waals surface area (Å²) in [6, 6.07) is 0.00991. The Balaban J connectivity index is 2.33. The van der Waals surface area contributed by atoms with Gasteiger partial charge in [-0.15, -0.1) is 0 Å². The molecule has 2 rings (SSSR count). The SMILES string of the molecule is C=C/C=C(/SNC1(C(=O)NC(C(CC)CC)C2CC(C)CC(C)(C(N)=O)C2)CCCCC1)C(=C)Cl. The molecule has 4 N–H and O–H groups in total. The highest BCUT2D eigenvalue weighted by Gasteiger charge is 2.46. The fourth-order valence-corrected chi connectivity index (χ4v) is 7.32. The van der Waals surface area contributed by atoms with Crippen LogP contribution in [0.4, 0.5) is 0 Å². The number of hydrogen-bond acceptors (Lipinski definition) is 4. The second-order valence-electron chi connectivity index (χ2n) is 11.0. The van der Waals surface area contributed by atoms with E-state index in [9.17, 15) is 9.59 Å². The van der Waals surface area contributed by atoms with E-state index in [2.05, 4.69) is 44.0 Å². The van der Waals surface area contributed by atoms with E-state index >= 15 is 0 Å². The molecule has 5 nitrogen and oxygen atoms in total. The van der Waals surface area contributed by atoms with Crippen LogP contribution in [-0.4, -0.2) is 23.4 Å². The Morgan fingerprint density at radius 3 is 2.34 bits per heavy atom. The van der Waals surface area contributed by atoms with Gasteiger partial charge in [0, 0.05) is 21.4 Å². The largest absolute Gasteiger partial charge is 0.369 e. The van der Waals surface area contributed by atoms with Gasteiger partial charge in [0.1, 0.15) is 5.54 Å². The Morgan fingerprint density at radius 2 is 1.83 bits per heavy atom. The van der Waals surface area contributed by atoms with Gasteiger partial charge in [-0.1, -0.05) is 90.6 Å². The number of allylic oxidation sites excluding steroid dienone is 3. The molecule has 2 fully saturated rings. The highest BCUT2D eigenvalue weighted by molar-refractivity contribution is 8.01. The van der Waals surface area contributed by atoms with E-state index in [1.54, 1.807) is 6.08 Å². The molecule has 7 heteroatoms. The molecule has 198 valence electrons. The minimum Gasteiger partial charge on any atom is -0.369 e. The standard InChI is InChI=1S/C28H46ClN3O2S/c1-7-13-23(20(5)29)35-32-28(14-11-10-12-15-28)26(34)31-24(21(8-2)9-3)22-16-19(4)17-27(6,18-22)25(30)33/h7,13,19,21-22,24,32H,1,5,8-12,14-18H2,2-4,6H3,(H2,30,33)(H,31,34)/b23-13+. The maximum atomic E-state index is 14.1. The second kappa shape index (κ2) is 13.3. The second-order valence-corrected chi connectivity index (χ2v) is 12.3. The molecule has 0 heterocycles. The van der Waals surface area contributed by atoms with E-state index in [0.29, 0.717) is 16.9 Å². The van der Waals surface area contributed by atoms with Gasteiger partial charge in [0.05, 0.1) is 0 Å². The third-order valence-electron chi connectivity index (χ3n) is 8.21. The molecule has 2 aliphatic rings. The van der Waals surface area contributed by atoms with Crippen molar-refractivity contribution < 1.29 is 9.59 Å². The van der Waals surface area contributed by atoms with Crippen molar-refractivity contribution in [3.05, 3.63) is 35.2 Å². The summed E-state index contributed by atoms with van der Waals surface area (Å²) in [4.78, 5) is 27.2. The monoisotopic (exact) mass is 523 g/mol. The molecule has 0 aliphatic heterocycles. The van der Waals surface area contributed by atoms with Crippen molar-refractivity contribution in [3.63, 3.8) is 0 Å². The Kier molecular flexibility index (Phi) is 11.4. The molecular weight excluding hydrogens is 478 g/mol. The predicted octanol–water partition coefficient (Wildman–Crippen LogP) is 6.60. The zero-order chi connectivity index (χ0) is 26.2. The molecule has 2 aliphatic carbocycles. The van der Waals surface area contributed by atoms with Crippen LogP contribution in [-0.2, 0) is 9.59 Å². The minimum atomic E-state index is -0.674. The van der Waals surface area contributed by atoms with E-state index in [-0.39, 0.29) is 23.8 Å². The molecule has 2 amide bonds. The Bertz CT molecular complexity index is 804. The number of nitrogens with two attached hydrogens (primary N) is 1. The zero-order valence-corrected chi connectivity index (χ0v) is 23.7. The number of nitrogens with one attached hydrogen (secondary N) is 2. The average Bonchev–Trinajstić information content (AvgIpc) is 2.81. The smallest absolute Gasteiger partial charge is 0.241 e. The summed E-state index contributed by atoms with van der Waals surface area (Å²) in [5.74, 6) is 0.779. The van der Waals surface area contributed by atoms with Gasteiger partial charge in [0.25, 0.3) is 0 Å². The summed E-state index contributed by atoms with van der Waals surface area (Å²) in [6.07, 6.45) is 12.7. The summed E-state index contributed by atoms with van der Waals surface area (Å²) in [5.41, 5.74) is 4.65. The number of rotatable bonds is 12. The Labute approximate surface area is 222 Å². The number of carbonyl (C=O) groups excluding carboxylic acids is 2. The lowest BCUT2D eigenvalue weighted by molar-refractivity contribution is -0.132. The van der Waals surface area contributed by atoms with Gasteiger partial charge < -0.3 is 11.1 Å². The summed E-state index contributed by atoms with van der Waals surface area (Å²) in [7, 11) is 0. The first kappa shape index (κ1) is 30.0. The van der Waals surface area contributed by atoms with Crippen LogP contribution in [0.5, 0.6) is 0 Å². The fraction of sp³-hybridized carbons (Fsp3) is 0.714. The fourth-order valence-electron chi connectivity index (χ4n) is 6.27. The van der Waals surface area contributed by atoms with Crippen molar-refractivity contribution in [1.82, 2.24) is 10.0 Å². The number of hydrogen-bond donors (Lipinski definition) is 3. The lowest BCUT2D eigenvalue weighted by Gasteiger charge is -2.46. The van der Waals surface area contributed by atoms with Crippen LogP contribution < -0.4 is 15.8 Å². The van der Waals surface area contributed by atoms with E-state index in [4.69, 9.17) is 17.3 Å². The highest BCUT2D eigenvalue weighted by atomic mass is 35.5. The van der Waals surface area contributed by atoms with Crippen LogP contribution in [0, 0.1) is 23.2 Å². The number of halogens is 1. The molecule has 0 aromatic carbocycles. The molecule has 35 heavy (non-hydrogen) atoms. The van der Waals surface area contributed by atoms with Gasteiger partial charge >= 0.3 is 0 Å². The molecule has 0 saturated heterocycles. The summed E-state index contributed by atoms with van der Waals surface area (Å²) >= 11 is 7.55. The number of primary amides is 1. The van der Waals surface area contributed by atoms with Crippen molar-refractivity contribution in [2.75, 3.05) is 0 Å². The van der Waals surface area contributed by atoms with Crippen molar-refractivity contribution in [3.8, 4) is 0 Å². The van der Waals surface area contributed by atoms with E-state index in [1.165, 1.54) is 11.9 Å². The lowest BCUT2D eigenvalue weighted by Crippen LogP contribution is -2.60. The van der Waals surface area contributed by atoms with Gasteiger partial charge in [-0.25, -0.2) is 4.72 Å². The van der Waals surface area contributed by atoms with Gasteiger partial charge in [-0.3, -0.25) is 9.59 Å². The molecule has 0 radical (unpaired) electrons. The topological polar surface area (TPSA) is 84.2 Å². The van der Waals surface area contributed by atoms with Gasteiger partial charge in [-0.05, 0) is 67.9 Å². The average molecular weight is 524 g/mol. The first-order valence-corrected chi connectivity index (χ1v) is 14.4. The van der Waals surface area contributed by atoms with Crippen LogP contribution >= 0.6 is 23.5 Å². The Morgan fingerprint density at radius 1 is 1.20 bits per heavy atom. The van der Waals surface area contributed by atoms with Crippen molar-refractivity contribution in [1.29, 1.82) is 0 Å². The van der Waals surface area contributed by atoms with Crippen LogP contribution in [0.2, 0.25) is 0 Å². The van der Waals surface area contributed by atoms with E-state index in [0.717, 1.165) is 69.1 Å². The maximum absolute atomic E-state index is 14.1. The predicted molar refractivity (Wildman–Crippen MR) is 150 cm³/mol. The quantitative estimate of drug-likeness (QED) is 0.199. The van der Waals surface area contributed by atoms with Crippen molar-refractivity contribution in [2.45, 2.75) is 103 Å².